The van der Waals surface area contributed by atoms with Crippen LogP contribution in [0.5, 0.6) is 0 Å². The van der Waals surface area contributed by atoms with Crippen LogP contribution in [-0.4, -0.2) is 20.9 Å². The molecule has 0 radical (unpaired) electrons. The van der Waals surface area contributed by atoms with Crippen molar-refractivity contribution < 1.29 is 9.18 Å². The number of carbonyl (C=O) groups excluding carboxylic acids is 1. The highest BCUT2D eigenvalue weighted by atomic mass is 19.1. The molecule has 0 spiro atoms. The molecule has 1 aliphatic carbocycles. The summed E-state index contributed by atoms with van der Waals surface area (Å²) in [7, 11) is 0. The predicted molar refractivity (Wildman–Crippen MR) is 118 cm³/mol. The van der Waals surface area contributed by atoms with E-state index in [1.807, 2.05) is 31.2 Å². The second-order valence-electron chi connectivity index (χ2n) is 7.90. The minimum atomic E-state index is -1.38. The van der Waals surface area contributed by atoms with Gasteiger partial charge >= 0.3 is 0 Å². The van der Waals surface area contributed by atoms with Crippen molar-refractivity contribution in [3.63, 3.8) is 0 Å². The highest BCUT2D eigenvalue weighted by Crippen LogP contribution is 2.48. The smallest absolute Gasteiger partial charge is 0.255 e. The first kappa shape index (κ1) is 19.1. The average Bonchev–Trinajstić information content (AvgIpc) is 3.53. The van der Waals surface area contributed by atoms with Crippen molar-refractivity contribution in [1.29, 1.82) is 0 Å². The number of nitrogens with one attached hydrogen (secondary N) is 1. The summed E-state index contributed by atoms with van der Waals surface area (Å²) in [5.41, 5.74) is 9.36. The van der Waals surface area contributed by atoms with Gasteiger partial charge in [-0.1, -0.05) is 6.07 Å². The molecule has 1 aromatic carbocycles. The van der Waals surface area contributed by atoms with Gasteiger partial charge in [-0.25, -0.2) is 9.37 Å². The molecule has 6 nitrogen and oxygen atoms in total. The summed E-state index contributed by atoms with van der Waals surface area (Å²) in [4.78, 5) is 25.5. The molecule has 0 atom stereocenters. The minimum Gasteiger partial charge on any atom is -0.384 e. The molecule has 0 aliphatic heterocycles. The predicted octanol–water partition coefficient (Wildman–Crippen LogP) is 4.79. The van der Waals surface area contributed by atoms with Crippen molar-refractivity contribution in [2.24, 2.45) is 0 Å². The maximum absolute atomic E-state index is 14.3. The Bertz CT molecular complexity index is 1330. The van der Waals surface area contributed by atoms with Crippen molar-refractivity contribution in [3.05, 3.63) is 77.9 Å². The zero-order valence-corrected chi connectivity index (χ0v) is 16.9. The van der Waals surface area contributed by atoms with Gasteiger partial charge < -0.3 is 11.1 Å². The van der Waals surface area contributed by atoms with E-state index in [0.29, 0.717) is 35.6 Å². The SMILES string of the molecule is Cc1ccc(NC(=O)c2ccnc(C3(F)CC3)c2)cc1-c1cnc2cc(N)ncc2c1. The van der Waals surface area contributed by atoms with Crippen LogP contribution in [0.4, 0.5) is 15.9 Å². The number of pyridine rings is 3. The number of benzene rings is 1. The van der Waals surface area contributed by atoms with Crippen LogP contribution in [0.15, 0.2) is 61.1 Å². The molecule has 154 valence electrons. The summed E-state index contributed by atoms with van der Waals surface area (Å²) in [6.45, 7) is 2.00. The van der Waals surface area contributed by atoms with E-state index in [1.54, 1.807) is 24.5 Å². The Balaban J connectivity index is 1.44. The van der Waals surface area contributed by atoms with Gasteiger partial charge in [0.15, 0.2) is 5.67 Å². The van der Waals surface area contributed by atoms with Gasteiger partial charge in [-0.3, -0.25) is 14.8 Å². The minimum absolute atomic E-state index is 0.306. The number of halogens is 1. The van der Waals surface area contributed by atoms with Gasteiger partial charge in [-0.2, -0.15) is 0 Å². The molecule has 1 fully saturated rings. The molecular formula is C24H20FN5O. The molecule has 3 aromatic heterocycles. The second-order valence-corrected chi connectivity index (χ2v) is 7.90. The van der Waals surface area contributed by atoms with Gasteiger partial charge in [0, 0.05) is 46.9 Å². The lowest BCUT2D eigenvalue weighted by Gasteiger charge is -2.12. The zero-order chi connectivity index (χ0) is 21.6. The fourth-order valence-electron chi connectivity index (χ4n) is 3.58. The molecule has 1 aliphatic rings. The first-order valence-corrected chi connectivity index (χ1v) is 10.0. The Hall–Kier alpha value is -3.87. The number of fused-ring (bicyclic) bond motifs is 1. The van der Waals surface area contributed by atoms with Gasteiger partial charge in [0.05, 0.1) is 11.2 Å². The van der Waals surface area contributed by atoms with Crippen molar-refractivity contribution >= 4 is 28.3 Å². The quantitative estimate of drug-likeness (QED) is 0.502. The lowest BCUT2D eigenvalue weighted by atomic mass is 10.00. The summed E-state index contributed by atoms with van der Waals surface area (Å²) >= 11 is 0. The van der Waals surface area contributed by atoms with E-state index >= 15 is 0 Å². The van der Waals surface area contributed by atoms with Crippen LogP contribution < -0.4 is 11.1 Å². The molecule has 0 bridgehead atoms. The molecule has 3 heterocycles. The second kappa shape index (κ2) is 7.12. The molecule has 1 amide bonds. The van der Waals surface area contributed by atoms with Gasteiger partial charge in [0.25, 0.3) is 5.91 Å². The normalized spacial score (nSPS) is 14.4. The van der Waals surface area contributed by atoms with Crippen molar-refractivity contribution in [1.82, 2.24) is 15.0 Å². The standard InChI is InChI=1S/C24H20FN5O/c1-14-2-3-18(30-23(31)15-4-7-27-21(9-15)24(25)5-6-24)10-19(14)16-8-17-13-29-22(26)11-20(17)28-12-16/h2-4,7-13H,5-6H2,1H3,(H2,26,29)(H,30,31). The van der Waals surface area contributed by atoms with E-state index in [9.17, 15) is 9.18 Å². The summed E-state index contributed by atoms with van der Waals surface area (Å²) in [6.07, 6.45) is 5.86. The number of aromatic nitrogens is 3. The topological polar surface area (TPSA) is 93.8 Å². The molecule has 4 aromatic rings. The average molecular weight is 413 g/mol. The van der Waals surface area contributed by atoms with E-state index in [4.69, 9.17) is 5.73 Å². The van der Waals surface area contributed by atoms with E-state index in [2.05, 4.69) is 20.3 Å². The van der Waals surface area contributed by atoms with E-state index < -0.39 is 5.67 Å². The fraction of sp³-hybridized carbons (Fsp3) is 0.167. The lowest BCUT2D eigenvalue weighted by molar-refractivity contribution is 0.102. The number of carbonyl (C=O) groups is 1. The van der Waals surface area contributed by atoms with Crippen LogP contribution in [0.3, 0.4) is 0 Å². The van der Waals surface area contributed by atoms with Crippen molar-refractivity contribution in [3.8, 4) is 11.1 Å². The number of alkyl halides is 1. The molecule has 3 N–H and O–H groups in total. The number of aryl methyl sites for hydroxylation is 1. The first-order chi connectivity index (χ1) is 14.9. The van der Waals surface area contributed by atoms with Gasteiger partial charge in [0.1, 0.15) is 5.82 Å². The van der Waals surface area contributed by atoms with Gasteiger partial charge in [-0.15, -0.1) is 0 Å². The maximum Gasteiger partial charge on any atom is 0.255 e. The first-order valence-electron chi connectivity index (χ1n) is 10.0. The van der Waals surface area contributed by atoms with E-state index in [0.717, 1.165) is 27.6 Å². The number of rotatable bonds is 4. The molecule has 31 heavy (non-hydrogen) atoms. The summed E-state index contributed by atoms with van der Waals surface area (Å²) < 4.78 is 14.3. The van der Waals surface area contributed by atoms with E-state index in [1.165, 1.54) is 12.3 Å². The third-order valence-corrected chi connectivity index (χ3v) is 5.56. The maximum atomic E-state index is 14.3. The van der Waals surface area contributed by atoms with Crippen LogP contribution >= 0.6 is 0 Å². The monoisotopic (exact) mass is 413 g/mol. The highest BCUT2D eigenvalue weighted by molar-refractivity contribution is 6.04. The number of anilines is 2. The Morgan fingerprint density at radius 3 is 2.71 bits per heavy atom. The number of nitrogens with zero attached hydrogens (tertiary/aromatic N) is 3. The zero-order valence-electron chi connectivity index (χ0n) is 16.9. The van der Waals surface area contributed by atoms with Gasteiger partial charge in [0.2, 0.25) is 0 Å². The van der Waals surface area contributed by atoms with Crippen LogP contribution in [0, 0.1) is 6.92 Å². The van der Waals surface area contributed by atoms with Crippen LogP contribution in [0.25, 0.3) is 22.0 Å². The highest BCUT2D eigenvalue weighted by Gasteiger charge is 2.46. The number of hydrogen-bond donors (Lipinski definition) is 2. The Morgan fingerprint density at radius 1 is 1.06 bits per heavy atom. The number of hydrogen-bond acceptors (Lipinski definition) is 5. The number of nitrogens with two attached hydrogens (primary N) is 1. The molecule has 7 heteroatoms. The summed E-state index contributed by atoms with van der Waals surface area (Å²) in [5.74, 6) is 0.118. The molecule has 5 rings (SSSR count). The van der Waals surface area contributed by atoms with Crippen LogP contribution in [-0.2, 0) is 5.67 Å². The fourth-order valence-corrected chi connectivity index (χ4v) is 3.58. The molecule has 1 saturated carbocycles. The Labute approximate surface area is 178 Å². The third-order valence-electron chi connectivity index (χ3n) is 5.56. The Morgan fingerprint density at radius 2 is 1.90 bits per heavy atom. The number of nitrogen functional groups attached to an aromatic ring is 1. The molecule has 0 saturated heterocycles. The largest absolute Gasteiger partial charge is 0.384 e. The van der Waals surface area contributed by atoms with Crippen LogP contribution in [0.2, 0.25) is 0 Å². The van der Waals surface area contributed by atoms with Gasteiger partial charge in [-0.05, 0) is 61.2 Å². The summed E-state index contributed by atoms with van der Waals surface area (Å²) in [6, 6.07) is 12.5. The number of amides is 1. The third kappa shape index (κ3) is 3.70. The lowest BCUT2D eigenvalue weighted by Crippen LogP contribution is -2.13. The van der Waals surface area contributed by atoms with E-state index in [-0.39, 0.29) is 5.91 Å². The summed E-state index contributed by atoms with van der Waals surface area (Å²) in [5, 5.41) is 3.78. The molecular weight excluding hydrogens is 393 g/mol. The van der Waals surface area contributed by atoms with Crippen LogP contribution in [0.1, 0.15) is 34.5 Å². The molecule has 0 unspecified atom stereocenters. The van der Waals surface area contributed by atoms with Crippen molar-refractivity contribution in [2.45, 2.75) is 25.4 Å². The Kier molecular flexibility index (Phi) is 4.39. The van der Waals surface area contributed by atoms with Crippen molar-refractivity contribution in [2.75, 3.05) is 11.1 Å².